The van der Waals surface area contributed by atoms with Crippen molar-refractivity contribution in [3.05, 3.63) is 59.7 Å². The van der Waals surface area contributed by atoms with E-state index >= 15 is 0 Å². The average molecular weight is 408 g/mol. The molecule has 5 nitrogen and oxygen atoms in total. The zero-order valence-corrected chi connectivity index (χ0v) is 18.0. The van der Waals surface area contributed by atoms with Gasteiger partial charge in [-0.05, 0) is 30.0 Å². The molecule has 1 aliphatic rings. The summed E-state index contributed by atoms with van der Waals surface area (Å²) >= 11 is 1.42. The van der Waals surface area contributed by atoms with E-state index in [0.29, 0.717) is 18.2 Å². The quantitative estimate of drug-likeness (QED) is 0.573. The van der Waals surface area contributed by atoms with Gasteiger partial charge >= 0.3 is 5.97 Å². The van der Waals surface area contributed by atoms with Gasteiger partial charge in [0.2, 0.25) is 0 Å². The molecule has 0 unspecified atom stereocenters. The number of hydrogen-bond acceptors (Lipinski definition) is 5. The number of cyclic esters (lactones) is 1. The Hall–Kier alpha value is -2.60. The highest BCUT2D eigenvalue weighted by Crippen LogP contribution is 2.34. The van der Waals surface area contributed by atoms with E-state index in [-0.39, 0.29) is 16.6 Å². The number of aryl methyl sites for hydroxylation is 1. The second kappa shape index (κ2) is 7.67. The Morgan fingerprint density at radius 1 is 1.03 bits per heavy atom. The molecule has 3 aromatic rings. The minimum absolute atomic E-state index is 0.0903. The van der Waals surface area contributed by atoms with Gasteiger partial charge in [-0.25, -0.2) is 0 Å². The van der Waals surface area contributed by atoms with Crippen molar-refractivity contribution in [2.45, 2.75) is 49.9 Å². The van der Waals surface area contributed by atoms with Gasteiger partial charge in [-0.1, -0.05) is 74.5 Å². The number of ether oxygens (including phenoxy) is 1. The van der Waals surface area contributed by atoms with E-state index in [2.05, 4.69) is 86.4 Å². The number of carbonyl (C=O) groups is 1. The standard InChI is InChI=1S/C23H25N3O2S/c1-15-5-11-18(12-6-15)26-20(16-7-9-17(10-8-16)23(2,3)4)24-25-22(26)29-19-13-14-28-21(19)27/h5-12,19H,13-14H2,1-4H3/t19-/m1/s1. The Bertz CT molecular complexity index is 1020. The molecule has 0 saturated carbocycles. The summed E-state index contributed by atoms with van der Waals surface area (Å²) in [6, 6.07) is 16.7. The van der Waals surface area contributed by atoms with Crippen LogP contribution in [-0.4, -0.2) is 32.6 Å². The predicted octanol–water partition coefficient (Wildman–Crippen LogP) is 4.95. The molecule has 150 valence electrons. The molecular formula is C23H25N3O2S. The van der Waals surface area contributed by atoms with Crippen molar-refractivity contribution < 1.29 is 9.53 Å². The van der Waals surface area contributed by atoms with Crippen LogP contribution in [0.15, 0.2) is 53.7 Å². The molecule has 2 heterocycles. The smallest absolute Gasteiger partial charge is 0.319 e. The molecule has 0 spiro atoms. The van der Waals surface area contributed by atoms with Gasteiger partial charge in [-0.3, -0.25) is 9.36 Å². The first kappa shape index (κ1) is 19.7. The number of nitrogens with zero attached hydrogens (tertiary/aromatic N) is 3. The Kier molecular flexibility index (Phi) is 5.21. The first-order valence-corrected chi connectivity index (χ1v) is 10.7. The first-order valence-electron chi connectivity index (χ1n) is 9.79. The molecule has 29 heavy (non-hydrogen) atoms. The molecule has 2 aromatic carbocycles. The van der Waals surface area contributed by atoms with Gasteiger partial charge in [-0.15, -0.1) is 10.2 Å². The molecule has 1 fully saturated rings. The lowest BCUT2D eigenvalue weighted by molar-refractivity contribution is -0.137. The van der Waals surface area contributed by atoms with Crippen LogP contribution in [-0.2, 0) is 14.9 Å². The second-order valence-electron chi connectivity index (χ2n) is 8.37. The summed E-state index contributed by atoms with van der Waals surface area (Å²) in [5, 5.41) is 9.38. The van der Waals surface area contributed by atoms with E-state index in [0.717, 1.165) is 17.1 Å². The number of esters is 1. The second-order valence-corrected chi connectivity index (χ2v) is 9.54. The zero-order valence-electron chi connectivity index (χ0n) is 17.2. The molecule has 6 heteroatoms. The highest BCUT2D eigenvalue weighted by molar-refractivity contribution is 8.00. The zero-order chi connectivity index (χ0) is 20.6. The third kappa shape index (κ3) is 4.08. The van der Waals surface area contributed by atoms with Crippen LogP contribution in [0, 0.1) is 6.92 Å². The van der Waals surface area contributed by atoms with Crippen molar-refractivity contribution in [1.29, 1.82) is 0 Å². The number of hydrogen-bond donors (Lipinski definition) is 0. The van der Waals surface area contributed by atoms with E-state index in [1.54, 1.807) is 0 Å². The molecule has 1 aliphatic heterocycles. The summed E-state index contributed by atoms with van der Waals surface area (Å²) < 4.78 is 7.15. The molecule has 1 aromatic heterocycles. The van der Waals surface area contributed by atoms with Crippen LogP contribution < -0.4 is 0 Å². The number of thioether (sulfide) groups is 1. The average Bonchev–Trinajstić information content (AvgIpc) is 3.29. The third-order valence-corrected chi connectivity index (χ3v) is 6.26. The number of rotatable bonds is 4. The van der Waals surface area contributed by atoms with Gasteiger partial charge in [0, 0.05) is 17.7 Å². The van der Waals surface area contributed by atoms with Crippen LogP contribution >= 0.6 is 11.8 Å². The van der Waals surface area contributed by atoms with Crippen molar-refractivity contribution in [3.8, 4) is 17.1 Å². The van der Waals surface area contributed by atoms with Crippen LogP contribution in [0.25, 0.3) is 17.1 Å². The fourth-order valence-electron chi connectivity index (χ4n) is 3.29. The molecule has 0 radical (unpaired) electrons. The SMILES string of the molecule is Cc1ccc(-n2c(S[C@@H]3CCOC3=O)nnc2-c2ccc(C(C)(C)C)cc2)cc1. The summed E-state index contributed by atoms with van der Waals surface area (Å²) in [6.45, 7) is 9.13. The van der Waals surface area contributed by atoms with Gasteiger partial charge < -0.3 is 4.74 Å². The van der Waals surface area contributed by atoms with Crippen LogP contribution in [0.3, 0.4) is 0 Å². The van der Waals surface area contributed by atoms with Crippen LogP contribution in [0.2, 0.25) is 0 Å². The minimum atomic E-state index is -0.237. The van der Waals surface area contributed by atoms with Gasteiger partial charge in [0.15, 0.2) is 11.0 Å². The van der Waals surface area contributed by atoms with E-state index in [4.69, 9.17) is 4.74 Å². The fraction of sp³-hybridized carbons (Fsp3) is 0.348. The van der Waals surface area contributed by atoms with Crippen LogP contribution in [0.4, 0.5) is 0 Å². The van der Waals surface area contributed by atoms with Crippen molar-refractivity contribution in [1.82, 2.24) is 14.8 Å². The summed E-state index contributed by atoms with van der Waals surface area (Å²) in [5.74, 6) is 0.590. The van der Waals surface area contributed by atoms with Crippen molar-refractivity contribution in [3.63, 3.8) is 0 Å². The molecule has 1 saturated heterocycles. The lowest BCUT2D eigenvalue weighted by Gasteiger charge is -2.19. The Morgan fingerprint density at radius 3 is 2.31 bits per heavy atom. The van der Waals surface area contributed by atoms with Crippen molar-refractivity contribution in [2.75, 3.05) is 6.61 Å². The first-order chi connectivity index (χ1) is 13.8. The molecule has 0 bridgehead atoms. The molecule has 0 amide bonds. The predicted molar refractivity (Wildman–Crippen MR) is 115 cm³/mol. The molecule has 4 rings (SSSR count). The highest BCUT2D eigenvalue weighted by Gasteiger charge is 2.30. The Morgan fingerprint density at radius 2 is 1.72 bits per heavy atom. The summed E-state index contributed by atoms with van der Waals surface area (Å²) in [6.07, 6.45) is 0.694. The monoisotopic (exact) mass is 407 g/mol. The summed E-state index contributed by atoms with van der Waals surface area (Å²) in [7, 11) is 0. The molecule has 1 atom stereocenters. The van der Waals surface area contributed by atoms with Gasteiger partial charge in [0.1, 0.15) is 5.25 Å². The highest BCUT2D eigenvalue weighted by atomic mass is 32.2. The van der Waals surface area contributed by atoms with Crippen LogP contribution in [0.1, 0.15) is 38.3 Å². The van der Waals surface area contributed by atoms with Gasteiger partial charge in [0.25, 0.3) is 0 Å². The van der Waals surface area contributed by atoms with E-state index in [1.165, 1.54) is 22.9 Å². The summed E-state index contributed by atoms with van der Waals surface area (Å²) in [4.78, 5) is 12.0. The van der Waals surface area contributed by atoms with Crippen LogP contribution in [0.5, 0.6) is 0 Å². The number of carbonyl (C=O) groups excluding carboxylic acids is 1. The van der Waals surface area contributed by atoms with E-state index in [1.807, 2.05) is 4.57 Å². The largest absolute Gasteiger partial charge is 0.465 e. The third-order valence-electron chi connectivity index (χ3n) is 5.07. The van der Waals surface area contributed by atoms with E-state index < -0.39 is 0 Å². The number of aromatic nitrogens is 3. The minimum Gasteiger partial charge on any atom is -0.465 e. The lowest BCUT2D eigenvalue weighted by atomic mass is 9.87. The maximum atomic E-state index is 12.0. The van der Waals surface area contributed by atoms with Crippen molar-refractivity contribution in [2.24, 2.45) is 0 Å². The molecular weight excluding hydrogens is 382 g/mol. The lowest BCUT2D eigenvalue weighted by Crippen LogP contribution is -2.11. The molecule has 0 N–H and O–H groups in total. The Labute approximate surface area is 175 Å². The number of benzene rings is 2. The molecule has 0 aliphatic carbocycles. The summed E-state index contributed by atoms with van der Waals surface area (Å²) in [5.41, 5.74) is 4.52. The maximum Gasteiger partial charge on any atom is 0.319 e. The maximum absolute atomic E-state index is 12.0. The topological polar surface area (TPSA) is 57.0 Å². The van der Waals surface area contributed by atoms with E-state index in [9.17, 15) is 4.79 Å². The normalized spacial score (nSPS) is 16.8. The van der Waals surface area contributed by atoms with Crippen molar-refractivity contribution >= 4 is 17.7 Å². The fourth-order valence-corrected chi connectivity index (χ4v) is 4.31. The van der Waals surface area contributed by atoms with Gasteiger partial charge in [-0.2, -0.15) is 0 Å². The Balaban J connectivity index is 1.77. The van der Waals surface area contributed by atoms with Gasteiger partial charge in [0.05, 0.1) is 6.61 Å².